The maximum atomic E-state index is 11.5. The maximum Gasteiger partial charge on any atom is 0.341 e. The van der Waals surface area contributed by atoms with E-state index >= 15 is 0 Å². The molecule has 0 aromatic carbocycles. The molecule has 0 saturated carbocycles. The molecule has 0 fully saturated rings. The number of ether oxygens (including phenoxy) is 2. The summed E-state index contributed by atoms with van der Waals surface area (Å²) >= 11 is 3.31. The first-order valence-corrected chi connectivity index (χ1v) is 14.2. The van der Waals surface area contributed by atoms with Crippen molar-refractivity contribution in [3.63, 3.8) is 0 Å². The van der Waals surface area contributed by atoms with Crippen molar-refractivity contribution in [1.29, 1.82) is 0 Å². The van der Waals surface area contributed by atoms with E-state index in [0.717, 1.165) is 11.9 Å². The van der Waals surface area contributed by atoms with Gasteiger partial charge < -0.3 is 19.7 Å². The Bertz CT molecular complexity index is 1750. The first kappa shape index (κ1) is 30.8. The average molecular weight is 653 g/mol. The summed E-state index contributed by atoms with van der Waals surface area (Å²) in [6.07, 6.45) is 13.1. The van der Waals surface area contributed by atoms with Gasteiger partial charge in [-0.1, -0.05) is 15.9 Å². The lowest BCUT2D eigenvalue weighted by molar-refractivity contribution is 0.0528. The molecule has 0 atom stereocenters. The fourth-order valence-electron chi connectivity index (χ4n) is 3.76. The van der Waals surface area contributed by atoms with E-state index in [1.807, 2.05) is 29.2 Å². The van der Waals surface area contributed by atoms with Gasteiger partial charge in [0.1, 0.15) is 29.2 Å². The number of fused-ring (bicyclic) bond motifs is 2. The Hall–Kier alpha value is -5.18. The number of carboxylic acid groups (broad SMARTS) is 1. The predicted molar refractivity (Wildman–Crippen MR) is 159 cm³/mol. The van der Waals surface area contributed by atoms with Crippen LogP contribution in [0.2, 0.25) is 0 Å². The van der Waals surface area contributed by atoms with Crippen molar-refractivity contribution in [2.75, 3.05) is 18.5 Å². The van der Waals surface area contributed by atoms with E-state index in [4.69, 9.17) is 14.6 Å². The third-order valence-electron chi connectivity index (χ3n) is 5.74. The zero-order valence-electron chi connectivity index (χ0n) is 23.1. The molecule has 43 heavy (non-hydrogen) atoms. The van der Waals surface area contributed by atoms with Gasteiger partial charge in [0.15, 0.2) is 0 Å². The zero-order valence-corrected chi connectivity index (χ0v) is 24.7. The number of esters is 1. The van der Waals surface area contributed by atoms with E-state index in [1.165, 1.54) is 33.7 Å². The number of alkyl halides is 1. The number of carbonyl (C=O) groups is 2. The molecule has 0 saturated heterocycles. The van der Waals surface area contributed by atoms with Gasteiger partial charge >= 0.3 is 11.9 Å². The molecule has 2 N–H and O–H groups in total. The Morgan fingerprint density at radius 2 is 1.49 bits per heavy atom. The van der Waals surface area contributed by atoms with E-state index < -0.39 is 11.9 Å². The van der Waals surface area contributed by atoms with Crippen molar-refractivity contribution in [2.45, 2.75) is 20.0 Å². The number of pyridine rings is 2. The topological polar surface area (TPSA) is 163 Å². The number of carbonyl (C=O) groups excluding carboxylic acids is 1. The van der Waals surface area contributed by atoms with Gasteiger partial charge in [-0.05, 0) is 43.3 Å². The molecule has 6 rings (SSSR count). The van der Waals surface area contributed by atoms with Crippen LogP contribution in [-0.4, -0.2) is 79.5 Å². The molecule has 224 valence electrons. The van der Waals surface area contributed by atoms with E-state index in [-0.39, 0.29) is 11.3 Å². The molecule has 14 nitrogen and oxygen atoms in total. The van der Waals surface area contributed by atoms with Crippen LogP contribution < -0.4 is 4.74 Å². The standard InChI is InChI=1S/C13H12N4O3.C10H10N2O3.C5H7BrN2/c18-13(19)11-8-15-17-9-10(2-3-12(11)17)20-7-6-16-5-1-4-14-16;1-2-15-10(14)8-5-11-12-6-7(13)3-4-9(8)12;6-2-5-8-4-1-3-7-8/h1-5,8-9H,6-7H2,(H,18,19);3-6,13H,2H2,1H3;1,3-4H,2,5H2. The molecular formula is C28H29BrN8O6. The second-order valence-electron chi connectivity index (χ2n) is 8.63. The first-order valence-electron chi connectivity index (χ1n) is 13.1. The molecule has 0 bridgehead atoms. The molecule has 6 aromatic rings. The maximum absolute atomic E-state index is 11.5. The highest BCUT2D eigenvalue weighted by molar-refractivity contribution is 9.09. The van der Waals surface area contributed by atoms with Crippen molar-refractivity contribution < 1.29 is 29.3 Å². The zero-order chi connectivity index (χ0) is 30.6. The Morgan fingerprint density at radius 3 is 2.12 bits per heavy atom. The van der Waals surface area contributed by atoms with Crippen LogP contribution in [0.1, 0.15) is 27.6 Å². The fraction of sp³-hybridized carbons (Fsp3) is 0.214. The number of halogens is 1. The lowest BCUT2D eigenvalue weighted by Gasteiger charge is -2.06. The van der Waals surface area contributed by atoms with Gasteiger partial charge in [-0.3, -0.25) is 9.36 Å². The highest BCUT2D eigenvalue weighted by atomic mass is 79.9. The molecule has 6 heterocycles. The van der Waals surface area contributed by atoms with Crippen molar-refractivity contribution in [2.24, 2.45) is 0 Å². The monoisotopic (exact) mass is 652 g/mol. The highest BCUT2D eigenvalue weighted by Crippen LogP contribution is 2.17. The molecule has 0 aliphatic rings. The van der Waals surface area contributed by atoms with Crippen molar-refractivity contribution in [3.05, 3.63) is 97.1 Å². The van der Waals surface area contributed by atoms with Crippen LogP contribution in [0.25, 0.3) is 11.0 Å². The van der Waals surface area contributed by atoms with Crippen molar-refractivity contribution in [3.8, 4) is 11.5 Å². The Morgan fingerprint density at radius 1 is 0.860 bits per heavy atom. The number of carboxylic acids is 1. The number of aromatic carboxylic acids is 1. The lowest BCUT2D eigenvalue weighted by Crippen LogP contribution is -2.08. The number of nitrogens with zero attached hydrogens (tertiary/aromatic N) is 8. The summed E-state index contributed by atoms with van der Waals surface area (Å²) in [5.41, 5.74) is 1.73. The van der Waals surface area contributed by atoms with Crippen LogP contribution in [-0.2, 0) is 17.8 Å². The molecule has 0 spiro atoms. The average Bonchev–Trinajstić information content (AvgIpc) is 3.81. The van der Waals surface area contributed by atoms with Crippen LogP contribution in [0.3, 0.4) is 0 Å². The summed E-state index contributed by atoms with van der Waals surface area (Å²) in [7, 11) is 0. The molecule has 0 aliphatic heterocycles. The SMILES string of the molecule is BrCCn1cccn1.CCOC(=O)c1cnn2cc(O)ccc12.O=C(O)c1cnn2cc(OCCn3cccn3)ccc12. The van der Waals surface area contributed by atoms with Crippen molar-refractivity contribution in [1.82, 2.24) is 38.8 Å². The van der Waals surface area contributed by atoms with Gasteiger partial charge in [-0.25, -0.2) is 18.6 Å². The van der Waals surface area contributed by atoms with E-state index in [9.17, 15) is 14.7 Å². The van der Waals surface area contributed by atoms with Gasteiger partial charge in [-0.2, -0.15) is 20.4 Å². The van der Waals surface area contributed by atoms with Gasteiger partial charge in [-0.15, -0.1) is 0 Å². The van der Waals surface area contributed by atoms with Crippen LogP contribution in [0.5, 0.6) is 11.5 Å². The molecule has 0 amide bonds. The Balaban J connectivity index is 0.000000162. The number of hydrogen-bond donors (Lipinski definition) is 2. The summed E-state index contributed by atoms with van der Waals surface area (Å²) in [5.74, 6) is -0.670. The third-order valence-corrected chi connectivity index (χ3v) is 6.09. The van der Waals surface area contributed by atoms with Gasteiger partial charge in [0.05, 0.1) is 55.5 Å². The highest BCUT2D eigenvalue weighted by Gasteiger charge is 2.13. The largest absolute Gasteiger partial charge is 0.506 e. The van der Waals surface area contributed by atoms with Crippen LogP contribution in [0.4, 0.5) is 0 Å². The van der Waals surface area contributed by atoms with Gasteiger partial charge in [0, 0.05) is 30.1 Å². The Labute approximate surface area is 253 Å². The predicted octanol–water partition coefficient (Wildman–Crippen LogP) is 3.80. The first-order chi connectivity index (χ1) is 20.9. The fourth-order valence-corrected chi connectivity index (χ4v) is 4.13. The van der Waals surface area contributed by atoms with Gasteiger partial charge in [0.2, 0.25) is 0 Å². The molecule has 15 heteroatoms. The van der Waals surface area contributed by atoms with E-state index in [0.29, 0.717) is 42.1 Å². The summed E-state index contributed by atoms with van der Waals surface area (Å²) in [6.45, 7) is 4.14. The second-order valence-corrected chi connectivity index (χ2v) is 9.42. The van der Waals surface area contributed by atoms with E-state index in [2.05, 4.69) is 36.3 Å². The summed E-state index contributed by atoms with van der Waals surface area (Å²) < 4.78 is 17.0. The number of aromatic nitrogens is 8. The minimum absolute atomic E-state index is 0.0982. The minimum Gasteiger partial charge on any atom is -0.506 e. The van der Waals surface area contributed by atoms with Crippen molar-refractivity contribution >= 4 is 38.9 Å². The van der Waals surface area contributed by atoms with Crippen LogP contribution >= 0.6 is 15.9 Å². The third kappa shape index (κ3) is 8.42. The smallest absolute Gasteiger partial charge is 0.341 e. The molecule has 6 aromatic heterocycles. The molecule has 0 aliphatic carbocycles. The van der Waals surface area contributed by atoms with E-state index in [1.54, 1.807) is 48.4 Å². The van der Waals surface area contributed by atoms with Gasteiger partial charge in [0.25, 0.3) is 0 Å². The lowest BCUT2D eigenvalue weighted by atomic mass is 10.2. The van der Waals surface area contributed by atoms with Crippen LogP contribution in [0.15, 0.2) is 86.0 Å². The number of aromatic hydroxyl groups is 1. The molecular weight excluding hydrogens is 624 g/mol. The molecule has 0 radical (unpaired) electrons. The quantitative estimate of drug-likeness (QED) is 0.173. The summed E-state index contributed by atoms with van der Waals surface area (Å²) in [4.78, 5) is 22.4. The number of rotatable bonds is 9. The Kier molecular flexibility index (Phi) is 10.9. The molecule has 0 unspecified atom stereocenters. The number of aryl methyl sites for hydroxylation is 1. The minimum atomic E-state index is -0.993. The van der Waals surface area contributed by atoms with Crippen LogP contribution in [0, 0.1) is 0 Å². The summed E-state index contributed by atoms with van der Waals surface area (Å²) in [5, 5.41) is 35.2. The second kappa shape index (κ2) is 15.2. The summed E-state index contributed by atoms with van der Waals surface area (Å²) in [6, 6.07) is 10.3. The normalized spacial score (nSPS) is 10.5. The number of hydrogen-bond acceptors (Lipinski definition) is 9.